The van der Waals surface area contributed by atoms with Crippen molar-refractivity contribution in [1.29, 1.82) is 0 Å². The SMILES string of the molecule is O=C(CNC(=O)c1sc(-c2ccccc2)nc1-c1ccccc1)NCc1ccccc1. The smallest absolute Gasteiger partial charge is 0.264 e. The van der Waals surface area contributed by atoms with Crippen molar-refractivity contribution >= 4 is 23.2 Å². The molecule has 0 spiro atoms. The minimum Gasteiger partial charge on any atom is -0.350 e. The highest BCUT2D eigenvalue weighted by Gasteiger charge is 2.20. The molecule has 0 atom stereocenters. The van der Waals surface area contributed by atoms with Gasteiger partial charge in [0.1, 0.15) is 9.88 Å². The van der Waals surface area contributed by atoms with Crippen molar-refractivity contribution in [2.45, 2.75) is 6.54 Å². The molecule has 2 N–H and O–H groups in total. The minimum absolute atomic E-state index is 0.0987. The molecule has 0 radical (unpaired) electrons. The van der Waals surface area contributed by atoms with Crippen molar-refractivity contribution in [3.63, 3.8) is 0 Å². The van der Waals surface area contributed by atoms with Crippen LogP contribution < -0.4 is 10.6 Å². The fourth-order valence-corrected chi connectivity index (χ4v) is 4.08. The zero-order valence-electron chi connectivity index (χ0n) is 16.7. The number of hydrogen-bond donors (Lipinski definition) is 2. The fraction of sp³-hybridized carbons (Fsp3) is 0.0800. The van der Waals surface area contributed by atoms with E-state index >= 15 is 0 Å². The van der Waals surface area contributed by atoms with Crippen molar-refractivity contribution in [2.24, 2.45) is 0 Å². The zero-order chi connectivity index (χ0) is 21.5. The first kappa shape index (κ1) is 20.5. The van der Waals surface area contributed by atoms with E-state index in [4.69, 9.17) is 4.98 Å². The lowest BCUT2D eigenvalue weighted by atomic mass is 10.1. The number of aromatic nitrogens is 1. The van der Waals surface area contributed by atoms with Crippen LogP contribution in [0.25, 0.3) is 21.8 Å². The first-order valence-electron chi connectivity index (χ1n) is 9.91. The average Bonchev–Trinajstić information content (AvgIpc) is 3.29. The third kappa shape index (κ3) is 5.24. The topological polar surface area (TPSA) is 71.1 Å². The Labute approximate surface area is 184 Å². The van der Waals surface area contributed by atoms with E-state index in [1.807, 2.05) is 91.0 Å². The van der Waals surface area contributed by atoms with Gasteiger partial charge in [-0.15, -0.1) is 11.3 Å². The third-order valence-corrected chi connectivity index (χ3v) is 5.75. The summed E-state index contributed by atoms with van der Waals surface area (Å²) in [6.07, 6.45) is 0. The molecule has 154 valence electrons. The summed E-state index contributed by atoms with van der Waals surface area (Å²) < 4.78 is 0. The van der Waals surface area contributed by atoms with Crippen LogP contribution >= 0.6 is 11.3 Å². The fourth-order valence-electron chi connectivity index (χ4n) is 3.07. The van der Waals surface area contributed by atoms with Gasteiger partial charge in [0.25, 0.3) is 5.91 Å². The summed E-state index contributed by atoms with van der Waals surface area (Å²) in [6, 6.07) is 29.0. The van der Waals surface area contributed by atoms with Crippen molar-refractivity contribution in [1.82, 2.24) is 15.6 Å². The van der Waals surface area contributed by atoms with Crippen molar-refractivity contribution in [3.05, 3.63) is 101 Å². The van der Waals surface area contributed by atoms with Gasteiger partial charge in [0, 0.05) is 17.7 Å². The van der Waals surface area contributed by atoms with Crippen LogP contribution in [-0.4, -0.2) is 23.3 Å². The lowest BCUT2D eigenvalue weighted by Gasteiger charge is -2.07. The molecule has 0 aliphatic heterocycles. The second kappa shape index (κ2) is 9.82. The standard InChI is InChI=1S/C25H21N3O2S/c29-21(26-16-18-10-4-1-5-11-18)17-27-24(30)23-22(19-12-6-2-7-13-19)28-25(31-23)20-14-8-3-9-15-20/h1-15H,16-17H2,(H,26,29)(H,27,30). The third-order valence-electron chi connectivity index (χ3n) is 4.64. The number of carbonyl (C=O) groups is 2. The van der Waals surface area contributed by atoms with Crippen LogP contribution in [0.3, 0.4) is 0 Å². The molecule has 0 bridgehead atoms. The first-order chi connectivity index (χ1) is 15.2. The molecule has 3 aromatic carbocycles. The summed E-state index contributed by atoms with van der Waals surface area (Å²) in [5.41, 5.74) is 3.43. The molecule has 0 aliphatic rings. The van der Waals surface area contributed by atoms with Gasteiger partial charge < -0.3 is 10.6 Å². The predicted molar refractivity (Wildman–Crippen MR) is 124 cm³/mol. The Morgan fingerprint density at radius 2 is 1.32 bits per heavy atom. The first-order valence-corrected chi connectivity index (χ1v) is 10.7. The number of nitrogens with one attached hydrogen (secondary N) is 2. The zero-order valence-corrected chi connectivity index (χ0v) is 17.6. The average molecular weight is 428 g/mol. The lowest BCUT2D eigenvalue weighted by molar-refractivity contribution is -0.120. The number of thiazole rings is 1. The molecule has 6 heteroatoms. The van der Waals surface area contributed by atoms with Crippen LogP contribution in [0.1, 0.15) is 15.2 Å². The Morgan fingerprint density at radius 3 is 1.97 bits per heavy atom. The largest absolute Gasteiger partial charge is 0.350 e. The molecule has 0 fully saturated rings. The Kier molecular flexibility index (Phi) is 6.50. The van der Waals surface area contributed by atoms with Gasteiger partial charge in [0.15, 0.2) is 0 Å². The Morgan fingerprint density at radius 1 is 0.742 bits per heavy atom. The second-order valence-corrected chi connectivity index (χ2v) is 7.87. The molecule has 4 rings (SSSR count). The molecular formula is C25H21N3O2S. The van der Waals surface area contributed by atoms with Crippen LogP contribution in [0, 0.1) is 0 Å². The van der Waals surface area contributed by atoms with Gasteiger partial charge >= 0.3 is 0 Å². The van der Waals surface area contributed by atoms with Crippen molar-refractivity contribution in [3.8, 4) is 21.8 Å². The van der Waals surface area contributed by atoms with E-state index in [2.05, 4.69) is 10.6 Å². The maximum Gasteiger partial charge on any atom is 0.264 e. The molecule has 4 aromatic rings. The normalized spacial score (nSPS) is 10.5. The summed E-state index contributed by atoms with van der Waals surface area (Å²) in [5, 5.41) is 6.31. The number of benzene rings is 3. The quantitative estimate of drug-likeness (QED) is 0.455. The van der Waals surface area contributed by atoms with E-state index < -0.39 is 0 Å². The number of hydrogen-bond acceptors (Lipinski definition) is 4. The molecule has 2 amide bonds. The number of amides is 2. The molecule has 1 heterocycles. The number of nitrogens with zero attached hydrogens (tertiary/aromatic N) is 1. The van der Waals surface area contributed by atoms with Crippen LogP contribution in [0.15, 0.2) is 91.0 Å². The Bertz CT molecular complexity index is 1160. The van der Waals surface area contributed by atoms with Crippen molar-refractivity contribution < 1.29 is 9.59 Å². The summed E-state index contributed by atoms with van der Waals surface area (Å²) >= 11 is 1.32. The van der Waals surface area contributed by atoms with E-state index in [-0.39, 0.29) is 18.4 Å². The van der Waals surface area contributed by atoms with E-state index in [1.54, 1.807) is 0 Å². The highest BCUT2D eigenvalue weighted by molar-refractivity contribution is 7.17. The minimum atomic E-state index is -0.312. The molecule has 31 heavy (non-hydrogen) atoms. The second-order valence-electron chi connectivity index (χ2n) is 6.87. The molecule has 1 aromatic heterocycles. The maximum atomic E-state index is 12.9. The van der Waals surface area contributed by atoms with Crippen LogP contribution in [-0.2, 0) is 11.3 Å². The molecule has 5 nitrogen and oxygen atoms in total. The van der Waals surface area contributed by atoms with Crippen LogP contribution in [0.4, 0.5) is 0 Å². The number of carbonyl (C=O) groups excluding carboxylic acids is 2. The van der Waals surface area contributed by atoms with E-state index in [9.17, 15) is 9.59 Å². The van der Waals surface area contributed by atoms with Gasteiger partial charge in [-0.25, -0.2) is 4.98 Å². The summed E-state index contributed by atoms with van der Waals surface area (Å²) in [6.45, 7) is 0.321. The molecule has 0 aliphatic carbocycles. The van der Waals surface area contributed by atoms with E-state index in [1.165, 1.54) is 11.3 Å². The summed E-state index contributed by atoms with van der Waals surface area (Å²) in [5.74, 6) is -0.556. The van der Waals surface area contributed by atoms with Gasteiger partial charge in [-0.1, -0.05) is 91.0 Å². The van der Waals surface area contributed by atoms with Gasteiger partial charge in [-0.05, 0) is 5.56 Å². The highest BCUT2D eigenvalue weighted by atomic mass is 32.1. The lowest BCUT2D eigenvalue weighted by Crippen LogP contribution is -2.36. The predicted octanol–water partition coefficient (Wildman–Crippen LogP) is 4.52. The van der Waals surface area contributed by atoms with Gasteiger partial charge in [-0.2, -0.15) is 0 Å². The number of rotatable bonds is 7. The molecule has 0 unspecified atom stereocenters. The Balaban J connectivity index is 1.49. The maximum absolute atomic E-state index is 12.9. The Hall–Kier alpha value is -3.77. The molecule has 0 saturated heterocycles. The van der Waals surface area contributed by atoms with Crippen LogP contribution in [0.2, 0.25) is 0 Å². The van der Waals surface area contributed by atoms with Gasteiger partial charge in [0.05, 0.1) is 12.2 Å². The summed E-state index contributed by atoms with van der Waals surface area (Å²) in [4.78, 5) is 30.4. The van der Waals surface area contributed by atoms with E-state index in [0.717, 1.165) is 21.7 Å². The molecule has 0 saturated carbocycles. The summed E-state index contributed by atoms with van der Waals surface area (Å²) in [7, 11) is 0. The van der Waals surface area contributed by atoms with E-state index in [0.29, 0.717) is 17.1 Å². The van der Waals surface area contributed by atoms with Gasteiger partial charge in [0.2, 0.25) is 5.91 Å². The molecular weight excluding hydrogens is 406 g/mol. The monoisotopic (exact) mass is 427 g/mol. The van der Waals surface area contributed by atoms with Crippen molar-refractivity contribution in [2.75, 3.05) is 6.54 Å². The van der Waals surface area contributed by atoms with Crippen LogP contribution in [0.5, 0.6) is 0 Å². The highest BCUT2D eigenvalue weighted by Crippen LogP contribution is 2.33. The van der Waals surface area contributed by atoms with Gasteiger partial charge in [-0.3, -0.25) is 9.59 Å².